The number of hydrogen-bond donors (Lipinski definition) is 0. The van der Waals surface area contributed by atoms with E-state index in [0.29, 0.717) is 0 Å². The van der Waals surface area contributed by atoms with Crippen LogP contribution in [0.4, 0.5) is 0 Å². The summed E-state index contributed by atoms with van der Waals surface area (Å²) in [6.07, 6.45) is 0. The second-order valence-electron chi connectivity index (χ2n) is 0. The van der Waals surface area contributed by atoms with Gasteiger partial charge in [-0.2, -0.15) is 0 Å². The molecule has 0 unspecified atom stereocenters. The largest absolute Gasteiger partial charge is 3.00 e. The van der Waals surface area contributed by atoms with Crippen molar-refractivity contribution in [3.8, 4) is 0 Å². The number of rotatable bonds is 0. The molecular weight excluding hydrogens is 257 g/mol. The van der Waals surface area contributed by atoms with Crippen molar-refractivity contribution >= 4 is 9.90 Å². The standard InChI is InChI=1S/3O.P.2Y/q3*-2;;2*+3. The predicted molar refractivity (Wildman–Crippen MR) is 8.98 cm³/mol. The van der Waals surface area contributed by atoms with Crippen molar-refractivity contribution in [2.75, 3.05) is 0 Å². The SMILES string of the molecule is [O-2].[O-2].[O-2].[P].[Y+3].[Y+3]. The molecule has 0 spiro atoms. The summed E-state index contributed by atoms with van der Waals surface area (Å²) in [5, 5.41) is 0. The van der Waals surface area contributed by atoms with Crippen LogP contribution in [0, 0.1) is 0 Å². The van der Waals surface area contributed by atoms with Gasteiger partial charge in [0.15, 0.2) is 0 Å². The van der Waals surface area contributed by atoms with E-state index in [-0.39, 0.29) is 91.7 Å². The Morgan fingerprint density at radius 1 is 0.500 bits per heavy atom. The molecule has 0 saturated carbocycles. The van der Waals surface area contributed by atoms with Crippen molar-refractivity contribution in [1.82, 2.24) is 0 Å². The molecule has 0 aliphatic carbocycles. The van der Waals surface area contributed by atoms with E-state index in [1.165, 1.54) is 0 Å². The van der Waals surface area contributed by atoms with E-state index in [1.807, 2.05) is 0 Å². The summed E-state index contributed by atoms with van der Waals surface area (Å²) in [6.45, 7) is 0. The fraction of sp³-hybridized carbons (Fsp3) is 0. The molecule has 0 fully saturated rings. The average molecular weight is 257 g/mol. The fourth-order valence-corrected chi connectivity index (χ4v) is 0. The molecule has 3 nitrogen and oxygen atoms in total. The second-order valence-corrected chi connectivity index (χ2v) is 0. The molecule has 0 heterocycles. The maximum Gasteiger partial charge on any atom is 3.00 e. The first-order chi connectivity index (χ1) is 0. The summed E-state index contributed by atoms with van der Waals surface area (Å²) in [4.78, 5) is 0. The third-order valence-corrected chi connectivity index (χ3v) is 0. The Kier molecular flexibility index (Phi) is 638. The zero-order chi connectivity index (χ0) is 0. The smallest absolute Gasteiger partial charge is 2.00 e. The van der Waals surface area contributed by atoms with Crippen LogP contribution in [0.3, 0.4) is 0 Å². The van der Waals surface area contributed by atoms with Gasteiger partial charge < -0.3 is 16.4 Å². The van der Waals surface area contributed by atoms with Crippen LogP contribution >= 0.6 is 9.90 Å². The predicted octanol–water partition coefficient (Wildman–Crippen LogP) is 0.500. The molecule has 0 aromatic heterocycles. The Morgan fingerprint density at radius 2 is 0.500 bits per heavy atom. The van der Waals surface area contributed by atoms with E-state index in [9.17, 15) is 0 Å². The molecule has 6 heteroatoms. The molecule has 0 aliphatic heterocycles. The Morgan fingerprint density at radius 3 is 0.500 bits per heavy atom. The summed E-state index contributed by atoms with van der Waals surface area (Å²) < 4.78 is 0. The van der Waals surface area contributed by atoms with Gasteiger partial charge in [0.1, 0.15) is 0 Å². The van der Waals surface area contributed by atoms with E-state index in [1.54, 1.807) is 0 Å². The summed E-state index contributed by atoms with van der Waals surface area (Å²) in [5.41, 5.74) is 0. The van der Waals surface area contributed by atoms with E-state index < -0.39 is 0 Å². The first kappa shape index (κ1) is 75.9. The Labute approximate surface area is 90.3 Å². The zero-order valence-corrected chi connectivity index (χ0v) is 9.40. The fourth-order valence-electron chi connectivity index (χ4n) is 0. The quantitative estimate of drug-likeness (QED) is 0.566. The molecule has 0 N–H and O–H groups in total. The molecule has 0 aromatic carbocycles. The third-order valence-electron chi connectivity index (χ3n) is 0. The van der Waals surface area contributed by atoms with Crippen LogP contribution in [0.25, 0.3) is 0 Å². The van der Waals surface area contributed by atoms with Crippen molar-refractivity contribution in [3.63, 3.8) is 0 Å². The van der Waals surface area contributed by atoms with Gasteiger partial charge in [0.25, 0.3) is 0 Å². The van der Waals surface area contributed by atoms with Gasteiger partial charge in [0.2, 0.25) is 0 Å². The zero-order valence-electron chi connectivity index (χ0n) is 2.83. The van der Waals surface area contributed by atoms with Crippen LogP contribution in [0.5, 0.6) is 0 Å². The van der Waals surface area contributed by atoms with Gasteiger partial charge in [0.05, 0.1) is 0 Å². The van der Waals surface area contributed by atoms with Crippen LogP contribution in [0.1, 0.15) is 0 Å². The van der Waals surface area contributed by atoms with Crippen LogP contribution in [0.2, 0.25) is 0 Å². The van der Waals surface area contributed by atoms with Crippen molar-refractivity contribution < 1.29 is 81.8 Å². The molecule has 3 radical (unpaired) electrons. The van der Waals surface area contributed by atoms with Crippen LogP contribution in [0.15, 0.2) is 0 Å². The summed E-state index contributed by atoms with van der Waals surface area (Å²) in [6, 6.07) is 0. The van der Waals surface area contributed by atoms with E-state index in [4.69, 9.17) is 0 Å². The Balaban J connectivity index is 0. The summed E-state index contributed by atoms with van der Waals surface area (Å²) >= 11 is 0. The van der Waals surface area contributed by atoms with Gasteiger partial charge in [-0.1, -0.05) is 0 Å². The van der Waals surface area contributed by atoms with Crippen LogP contribution < -0.4 is 0 Å². The molecule has 6 heavy (non-hydrogen) atoms. The minimum absolute atomic E-state index is 0. The van der Waals surface area contributed by atoms with E-state index >= 15 is 0 Å². The van der Waals surface area contributed by atoms with Crippen LogP contribution in [-0.4, -0.2) is 0 Å². The van der Waals surface area contributed by atoms with Gasteiger partial charge >= 0.3 is 65.4 Å². The molecular formula is O3PY2. The Hall–Kier alpha value is 2.52. The average Bonchev–Trinajstić information content (AvgIpc) is 0. The normalized spacial score (nSPS) is 0. The first-order valence-electron chi connectivity index (χ1n) is 0. The van der Waals surface area contributed by atoms with Gasteiger partial charge in [-0.15, -0.1) is 0 Å². The van der Waals surface area contributed by atoms with E-state index in [2.05, 4.69) is 0 Å². The summed E-state index contributed by atoms with van der Waals surface area (Å²) in [7, 11) is 0. The molecule has 0 atom stereocenters. The topological polar surface area (TPSA) is 85.5 Å². The molecule has 0 amide bonds. The van der Waals surface area contributed by atoms with Gasteiger partial charge in [0, 0.05) is 9.90 Å². The maximum atomic E-state index is 0. The molecule has 0 saturated heterocycles. The van der Waals surface area contributed by atoms with Crippen LogP contribution in [-0.2, 0) is 81.8 Å². The second kappa shape index (κ2) is 50.4. The van der Waals surface area contributed by atoms with Crippen molar-refractivity contribution in [2.24, 2.45) is 0 Å². The molecule has 0 aromatic rings. The monoisotopic (exact) mass is 257 g/mol. The first-order valence-corrected chi connectivity index (χ1v) is 0. The summed E-state index contributed by atoms with van der Waals surface area (Å²) in [5.74, 6) is 0. The van der Waals surface area contributed by atoms with Gasteiger partial charge in [-0.3, -0.25) is 0 Å². The number of hydrogen-bond acceptors (Lipinski definition) is 0. The molecule has 0 rings (SSSR count). The molecule has 0 aliphatic rings. The molecule has 0 bridgehead atoms. The van der Waals surface area contributed by atoms with Gasteiger partial charge in [-0.25, -0.2) is 0 Å². The maximum absolute atomic E-state index is 0. The molecule has 29 valence electrons. The third kappa shape index (κ3) is 31.3. The van der Waals surface area contributed by atoms with Crippen molar-refractivity contribution in [3.05, 3.63) is 0 Å². The van der Waals surface area contributed by atoms with E-state index in [0.717, 1.165) is 0 Å². The van der Waals surface area contributed by atoms with Crippen molar-refractivity contribution in [2.45, 2.75) is 0 Å². The Bertz CT molecular complexity index is 8.75. The minimum atomic E-state index is 0. The van der Waals surface area contributed by atoms with Crippen molar-refractivity contribution in [1.29, 1.82) is 0 Å². The minimum Gasteiger partial charge on any atom is -2.00 e. The van der Waals surface area contributed by atoms with Gasteiger partial charge in [-0.05, 0) is 0 Å².